The lowest BCUT2D eigenvalue weighted by Crippen LogP contribution is -2.37. The molecule has 0 bridgehead atoms. The highest BCUT2D eigenvalue weighted by Crippen LogP contribution is 2.27. The molecule has 0 aromatic carbocycles. The van der Waals surface area contributed by atoms with Gasteiger partial charge in [-0.15, -0.1) is 0 Å². The lowest BCUT2D eigenvalue weighted by molar-refractivity contribution is 0.336. The third-order valence-electron chi connectivity index (χ3n) is 3.90. The summed E-state index contributed by atoms with van der Waals surface area (Å²) in [5, 5.41) is 0. The Bertz CT molecular complexity index is 539. The first-order chi connectivity index (χ1) is 9.57. The molecule has 0 radical (unpaired) electrons. The summed E-state index contributed by atoms with van der Waals surface area (Å²) in [4.78, 5) is 4.10. The molecule has 1 aliphatic rings. The number of nitrogens with one attached hydrogen (secondary N) is 1. The van der Waals surface area contributed by atoms with Crippen molar-refractivity contribution in [2.75, 3.05) is 12.5 Å². The van der Waals surface area contributed by atoms with Gasteiger partial charge in [-0.2, -0.15) is 4.31 Å². The molecule has 112 valence electrons. The molecule has 0 aliphatic heterocycles. The summed E-state index contributed by atoms with van der Waals surface area (Å²) in [5.41, 5.74) is 2.35. The Kier molecular flexibility index (Phi) is 4.95. The fourth-order valence-electron chi connectivity index (χ4n) is 2.68. The van der Waals surface area contributed by atoms with E-state index in [1.807, 2.05) is 0 Å². The number of pyridine rings is 1. The maximum Gasteiger partial charge on any atom is 0.246 e. The van der Waals surface area contributed by atoms with Crippen LogP contribution in [0.5, 0.6) is 0 Å². The molecule has 1 aromatic rings. The Morgan fingerprint density at radius 1 is 1.30 bits per heavy atom. The van der Waals surface area contributed by atoms with Crippen LogP contribution >= 0.6 is 0 Å². The Morgan fingerprint density at radius 2 is 1.95 bits per heavy atom. The fraction of sp³-hybridized carbons (Fsp3) is 0.615. The van der Waals surface area contributed by atoms with Gasteiger partial charge in [0.1, 0.15) is 4.90 Å². The summed E-state index contributed by atoms with van der Waals surface area (Å²) in [5.74, 6) is 5.54. The van der Waals surface area contributed by atoms with Gasteiger partial charge in [0.15, 0.2) is 5.82 Å². The van der Waals surface area contributed by atoms with Crippen molar-refractivity contribution in [2.24, 2.45) is 5.84 Å². The van der Waals surface area contributed by atoms with E-state index in [1.54, 1.807) is 13.1 Å². The monoisotopic (exact) mass is 298 g/mol. The number of nitrogens with zero attached hydrogens (tertiary/aromatic N) is 2. The molecule has 7 heteroatoms. The van der Waals surface area contributed by atoms with Gasteiger partial charge in [0.25, 0.3) is 0 Å². The average Bonchev–Trinajstić information content (AvgIpc) is 2.75. The topological polar surface area (TPSA) is 88.3 Å². The first-order valence-electron chi connectivity index (χ1n) is 6.97. The van der Waals surface area contributed by atoms with Crippen molar-refractivity contribution in [3.05, 3.63) is 18.3 Å². The van der Waals surface area contributed by atoms with Gasteiger partial charge in [-0.25, -0.2) is 19.2 Å². The summed E-state index contributed by atoms with van der Waals surface area (Å²) in [6.45, 7) is 0. The zero-order valence-corrected chi connectivity index (χ0v) is 12.6. The molecule has 6 nitrogen and oxygen atoms in total. The average molecular weight is 298 g/mol. The summed E-state index contributed by atoms with van der Waals surface area (Å²) < 4.78 is 26.9. The molecule has 0 saturated heterocycles. The van der Waals surface area contributed by atoms with Gasteiger partial charge in [0.05, 0.1) is 0 Å². The third kappa shape index (κ3) is 3.11. The molecular weight excluding hydrogens is 276 g/mol. The molecule has 0 spiro atoms. The first-order valence-corrected chi connectivity index (χ1v) is 8.41. The molecule has 1 aromatic heterocycles. The Balaban J connectivity index is 2.28. The Labute approximate surface area is 120 Å². The van der Waals surface area contributed by atoms with Crippen molar-refractivity contribution in [1.29, 1.82) is 0 Å². The van der Waals surface area contributed by atoms with Crippen molar-refractivity contribution in [1.82, 2.24) is 9.29 Å². The smallest absolute Gasteiger partial charge is 0.246 e. The molecule has 0 atom stereocenters. The number of hydrogen-bond donors (Lipinski definition) is 2. The second kappa shape index (κ2) is 6.51. The van der Waals surface area contributed by atoms with Gasteiger partial charge >= 0.3 is 0 Å². The van der Waals surface area contributed by atoms with Crippen LogP contribution in [-0.4, -0.2) is 30.8 Å². The standard InChI is InChI=1S/C13H22N4O2S/c1-17(11-7-4-2-3-5-8-11)20(18,19)12-9-6-10-15-13(12)16-14/h6,9-11H,2-5,7-8,14H2,1H3,(H,15,16). The fourth-order valence-corrected chi connectivity index (χ4v) is 4.20. The van der Waals surface area contributed by atoms with E-state index in [1.165, 1.54) is 29.4 Å². The lowest BCUT2D eigenvalue weighted by atomic mass is 10.1. The van der Waals surface area contributed by atoms with E-state index in [9.17, 15) is 8.42 Å². The number of aromatic nitrogens is 1. The van der Waals surface area contributed by atoms with Crippen LogP contribution in [0.15, 0.2) is 23.2 Å². The number of hydrogen-bond acceptors (Lipinski definition) is 5. The van der Waals surface area contributed by atoms with Crippen LogP contribution in [0, 0.1) is 0 Å². The molecule has 0 unspecified atom stereocenters. The van der Waals surface area contributed by atoms with Crippen LogP contribution in [0.4, 0.5) is 5.82 Å². The van der Waals surface area contributed by atoms with Crippen LogP contribution in [0.25, 0.3) is 0 Å². The number of nitrogen functional groups attached to an aromatic ring is 1. The van der Waals surface area contributed by atoms with Crippen molar-refractivity contribution in [3.8, 4) is 0 Å². The maximum absolute atomic E-state index is 12.7. The molecular formula is C13H22N4O2S. The van der Waals surface area contributed by atoms with E-state index in [-0.39, 0.29) is 16.8 Å². The molecule has 1 saturated carbocycles. The van der Waals surface area contributed by atoms with E-state index < -0.39 is 10.0 Å². The van der Waals surface area contributed by atoms with Gasteiger partial charge in [-0.3, -0.25) is 0 Å². The van der Waals surface area contributed by atoms with E-state index in [4.69, 9.17) is 5.84 Å². The summed E-state index contributed by atoms with van der Waals surface area (Å²) in [6, 6.07) is 3.20. The van der Waals surface area contributed by atoms with Crippen molar-refractivity contribution >= 4 is 15.8 Å². The van der Waals surface area contributed by atoms with Crippen LogP contribution in [0.2, 0.25) is 0 Å². The number of anilines is 1. The second-order valence-corrected chi connectivity index (χ2v) is 7.13. The van der Waals surface area contributed by atoms with Crippen molar-refractivity contribution in [3.63, 3.8) is 0 Å². The van der Waals surface area contributed by atoms with E-state index in [0.717, 1.165) is 25.7 Å². The maximum atomic E-state index is 12.7. The summed E-state index contributed by atoms with van der Waals surface area (Å²) in [7, 11) is -1.92. The predicted octanol–water partition coefficient (Wildman–Crippen LogP) is 1.71. The zero-order chi connectivity index (χ0) is 14.6. The predicted molar refractivity (Wildman–Crippen MR) is 78.5 cm³/mol. The summed E-state index contributed by atoms with van der Waals surface area (Å²) in [6.07, 6.45) is 7.89. The summed E-state index contributed by atoms with van der Waals surface area (Å²) >= 11 is 0. The molecule has 20 heavy (non-hydrogen) atoms. The second-order valence-electron chi connectivity index (χ2n) is 5.16. The van der Waals surface area contributed by atoms with E-state index in [0.29, 0.717) is 0 Å². The van der Waals surface area contributed by atoms with Gasteiger partial charge in [-0.1, -0.05) is 25.7 Å². The highest BCUT2D eigenvalue weighted by atomic mass is 32.2. The van der Waals surface area contributed by atoms with E-state index >= 15 is 0 Å². The third-order valence-corrected chi connectivity index (χ3v) is 5.85. The van der Waals surface area contributed by atoms with Crippen LogP contribution in [0.3, 0.4) is 0 Å². The number of hydrazine groups is 1. The largest absolute Gasteiger partial charge is 0.307 e. The van der Waals surface area contributed by atoms with E-state index in [2.05, 4.69) is 10.4 Å². The minimum absolute atomic E-state index is 0.0633. The zero-order valence-electron chi connectivity index (χ0n) is 11.7. The van der Waals surface area contributed by atoms with Crippen molar-refractivity contribution < 1.29 is 8.42 Å². The molecule has 0 amide bonds. The Morgan fingerprint density at radius 3 is 2.55 bits per heavy atom. The number of rotatable bonds is 4. The first kappa shape index (κ1) is 15.2. The van der Waals surface area contributed by atoms with Crippen LogP contribution < -0.4 is 11.3 Å². The molecule has 2 rings (SSSR count). The molecule has 1 aliphatic carbocycles. The van der Waals surface area contributed by atoms with Crippen LogP contribution in [0.1, 0.15) is 38.5 Å². The molecule has 3 N–H and O–H groups in total. The SMILES string of the molecule is CN(C1CCCCCC1)S(=O)(=O)c1cccnc1NN. The van der Waals surface area contributed by atoms with Crippen molar-refractivity contribution in [2.45, 2.75) is 49.5 Å². The van der Waals surface area contributed by atoms with Gasteiger partial charge in [0.2, 0.25) is 10.0 Å². The van der Waals surface area contributed by atoms with Gasteiger partial charge in [-0.05, 0) is 25.0 Å². The highest BCUT2D eigenvalue weighted by Gasteiger charge is 2.30. The molecule has 1 fully saturated rings. The highest BCUT2D eigenvalue weighted by molar-refractivity contribution is 7.89. The minimum Gasteiger partial charge on any atom is -0.307 e. The van der Waals surface area contributed by atoms with Gasteiger partial charge < -0.3 is 5.43 Å². The normalized spacial score (nSPS) is 17.9. The molecule has 1 heterocycles. The minimum atomic E-state index is -3.57. The number of nitrogens with two attached hydrogens (primary N) is 1. The lowest BCUT2D eigenvalue weighted by Gasteiger charge is -2.26. The van der Waals surface area contributed by atoms with Gasteiger partial charge in [0, 0.05) is 19.3 Å². The quantitative estimate of drug-likeness (QED) is 0.502. The van der Waals surface area contributed by atoms with Crippen LogP contribution in [-0.2, 0) is 10.0 Å². The Hall–Kier alpha value is -1.18. The number of sulfonamides is 1.